The molecule has 0 saturated carbocycles. The van der Waals surface area contributed by atoms with Crippen molar-refractivity contribution in [1.29, 1.82) is 0 Å². The molecule has 2 aromatic carbocycles. The van der Waals surface area contributed by atoms with Crippen molar-refractivity contribution in [2.24, 2.45) is 0 Å². The number of benzene rings is 2. The van der Waals surface area contributed by atoms with E-state index in [2.05, 4.69) is 10.3 Å². The molecule has 24 heavy (non-hydrogen) atoms. The van der Waals surface area contributed by atoms with Gasteiger partial charge in [0, 0.05) is 29.9 Å². The van der Waals surface area contributed by atoms with Crippen LogP contribution in [0, 0.1) is 0 Å². The summed E-state index contributed by atoms with van der Waals surface area (Å²) in [6.45, 7) is 0. The lowest BCUT2D eigenvalue weighted by Gasteiger charge is -2.14. The van der Waals surface area contributed by atoms with Crippen LogP contribution in [0.5, 0.6) is 0 Å². The number of amides is 1. The van der Waals surface area contributed by atoms with E-state index < -0.39 is 6.04 Å². The smallest absolute Gasteiger partial charge is 0.309 e. The fourth-order valence-corrected chi connectivity index (χ4v) is 2.92. The molecule has 3 rings (SSSR count). The molecule has 4 heteroatoms. The highest BCUT2D eigenvalue weighted by molar-refractivity contribution is 5.88. The van der Waals surface area contributed by atoms with Crippen molar-refractivity contribution in [1.82, 2.24) is 10.3 Å². The topological polar surface area (TPSA) is 62.0 Å². The predicted molar refractivity (Wildman–Crippen MR) is 94.4 cm³/mol. The van der Waals surface area contributed by atoms with Crippen LogP contribution in [0.4, 0.5) is 0 Å². The van der Waals surface area contributed by atoms with Crippen LogP contribution in [0.25, 0.3) is 10.9 Å². The Morgan fingerprint density at radius 3 is 2.62 bits per heavy atom. The molecule has 1 heterocycles. The summed E-state index contributed by atoms with van der Waals surface area (Å²) in [5.41, 5.74) is 3.16. The fraction of sp³-hybridized carbons (Fsp3) is 0.200. The van der Waals surface area contributed by atoms with Gasteiger partial charge in [-0.25, -0.2) is 0 Å². The molecule has 1 radical (unpaired) electrons. The Morgan fingerprint density at radius 1 is 1.08 bits per heavy atom. The van der Waals surface area contributed by atoms with E-state index in [0.717, 1.165) is 22.0 Å². The van der Waals surface area contributed by atoms with Crippen LogP contribution in [-0.4, -0.2) is 23.2 Å². The Kier molecular flexibility index (Phi) is 5.06. The van der Waals surface area contributed by atoms with Crippen molar-refractivity contribution < 1.29 is 9.59 Å². The van der Waals surface area contributed by atoms with Crippen LogP contribution >= 0.6 is 0 Å². The quantitative estimate of drug-likeness (QED) is 0.627. The summed E-state index contributed by atoms with van der Waals surface area (Å²) >= 11 is 0. The molecule has 1 aromatic heterocycles. The molecule has 1 atom stereocenters. The molecule has 1 unspecified atom stereocenters. The first kappa shape index (κ1) is 16.0. The van der Waals surface area contributed by atoms with E-state index in [9.17, 15) is 9.59 Å². The monoisotopic (exact) mass is 319 g/mol. The molecule has 3 aromatic rings. The van der Waals surface area contributed by atoms with Gasteiger partial charge in [-0.2, -0.15) is 0 Å². The average Bonchev–Trinajstić information content (AvgIpc) is 3.03. The number of fused-ring (bicyclic) bond motifs is 1. The number of nitrogens with one attached hydrogen (secondary N) is 2. The molecule has 1 amide bonds. The molecule has 0 spiro atoms. The summed E-state index contributed by atoms with van der Waals surface area (Å²) in [5, 5.41) is 3.63. The lowest BCUT2D eigenvalue weighted by atomic mass is 9.97. The number of carbonyl (C=O) groups is 1. The normalized spacial score (nSPS) is 12.0. The highest BCUT2D eigenvalue weighted by Crippen LogP contribution is 2.19. The van der Waals surface area contributed by atoms with E-state index in [4.69, 9.17) is 0 Å². The van der Waals surface area contributed by atoms with E-state index in [-0.39, 0.29) is 5.78 Å². The minimum atomic E-state index is -0.551. The Labute approximate surface area is 140 Å². The molecule has 2 N–H and O–H groups in total. The zero-order valence-electron chi connectivity index (χ0n) is 13.3. The van der Waals surface area contributed by atoms with Crippen molar-refractivity contribution in [2.75, 3.05) is 0 Å². The van der Waals surface area contributed by atoms with Crippen LogP contribution in [-0.2, 0) is 22.4 Å². The third kappa shape index (κ3) is 3.71. The first-order valence-electron chi connectivity index (χ1n) is 8.02. The number of carbonyl (C=O) groups excluding carboxylic acids is 2. The summed E-state index contributed by atoms with van der Waals surface area (Å²) in [7, 11) is 0. The average molecular weight is 319 g/mol. The molecular formula is C20H19N2O2. The number of ketones is 1. The van der Waals surface area contributed by atoms with Crippen LogP contribution in [0.1, 0.15) is 17.5 Å². The second-order valence-corrected chi connectivity index (χ2v) is 5.81. The number of hydrogen-bond donors (Lipinski definition) is 2. The molecule has 0 aliphatic carbocycles. The Bertz CT molecular complexity index is 824. The minimum Gasteiger partial charge on any atom is -0.361 e. The number of Topliss-reactive ketones (excluding diaryl/α,β-unsaturated/α-hetero) is 1. The number of aryl methyl sites for hydroxylation is 1. The first-order valence-corrected chi connectivity index (χ1v) is 8.02. The van der Waals surface area contributed by atoms with Crippen molar-refractivity contribution in [2.45, 2.75) is 25.3 Å². The molecule has 0 fully saturated rings. The predicted octanol–water partition coefficient (Wildman–Crippen LogP) is 2.94. The van der Waals surface area contributed by atoms with Gasteiger partial charge in [-0.3, -0.25) is 9.59 Å². The van der Waals surface area contributed by atoms with Crippen molar-refractivity contribution in [3.8, 4) is 0 Å². The standard InChI is InChI=1S/C20H19N2O2/c23-14-22-19(20(24)11-10-15-6-2-1-3-7-15)12-16-13-21-18-9-5-4-8-17(16)18/h1-9,13,19,21H,10-12H2,(H,22,23). The number of para-hydroxylation sites is 1. The fourth-order valence-electron chi connectivity index (χ4n) is 2.92. The van der Waals surface area contributed by atoms with Gasteiger partial charge in [-0.05, 0) is 23.6 Å². The summed E-state index contributed by atoms with van der Waals surface area (Å²) < 4.78 is 0. The second kappa shape index (κ2) is 7.59. The van der Waals surface area contributed by atoms with E-state index >= 15 is 0 Å². The van der Waals surface area contributed by atoms with Gasteiger partial charge in [0.1, 0.15) is 0 Å². The van der Waals surface area contributed by atoms with Gasteiger partial charge in [-0.1, -0.05) is 48.5 Å². The Hall–Kier alpha value is -2.88. The largest absolute Gasteiger partial charge is 0.361 e. The maximum atomic E-state index is 12.5. The van der Waals surface area contributed by atoms with Gasteiger partial charge in [0.25, 0.3) is 0 Å². The van der Waals surface area contributed by atoms with E-state index in [1.54, 1.807) is 6.41 Å². The number of H-pyrrole nitrogens is 1. The van der Waals surface area contributed by atoms with Gasteiger partial charge >= 0.3 is 6.41 Å². The SMILES string of the molecule is O=[C]NC(Cc1c[nH]c2ccccc12)C(=O)CCc1ccccc1. The molecule has 4 nitrogen and oxygen atoms in total. The molecule has 121 valence electrons. The van der Waals surface area contributed by atoms with Crippen LogP contribution in [0.15, 0.2) is 60.8 Å². The zero-order chi connectivity index (χ0) is 16.8. The molecule has 0 aliphatic heterocycles. The van der Waals surface area contributed by atoms with E-state index in [0.29, 0.717) is 19.3 Å². The van der Waals surface area contributed by atoms with Gasteiger partial charge in [0.2, 0.25) is 0 Å². The summed E-state index contributed by atoms with van der Waals surface area (Å²) in [6, 6.07) is 17.2. The minimum absolute atomic E-state index is 0.0208. The number of rotatable bonds is 8. The van der Waals surface area contributed by atoms with Gasteiger partial charge < -0.3 is 10.3 Å². The van der Waals surface area contributed by atoms with E-state index in [1.807, 2.05) is 60.8 Å². The molecular weight excluding hydrogens is 300 g/mol. The summed E-state index contributed by atoms with van der Waals surface area (Å²) in [6.07, 6.45) is 5.10. The Morgan fingerprint density at radius 2 is 1.83 bits per heavy atom. The lowest BCUT2D eigenvalue weighted by Crippen LogP contribution is -2.37. The van der Waals surface area contributed by atoms with Gasteiger partial charge in [0.15, 0.2) is 5.78 Å². The van der Waals surface area contributed by atoms with E-state index in [1.165, 1.54) is 0 Å². The second-order valence-electron chi connectivity index (χ2n) is 5.81. The van der Waals surface area contributed by atoms with Gasteiger partial charge in [0.05, 0.1) is 6.04 Å². The summed E-state index contributed by atoms with van der Waals surface area (Å²) in [4.78, 5) is 26.5. The molecule has 0 bridgehead atoms. The van der Waals surface area contributed by atoms with Crippen LogP contribution in [0.3, 0.4) is 0 Å². The Balaban J connectivity index is 1.69. The number of hydrogen-bond acceptors (Lipinski definition) is 2. The maximum absolute atomic E-state index is 12.5. The molecule has 0 aliphatic rings. The zero-order valence-corrected chi connectivity index (χ0v) is 13.3. The van der Waals surface area contributed by atoms with Crippen LogP contribution < -0.4 is 5.32 Å². The van der Waals surface area contributed by atoms with Crippen molar-refractivity contribution in [3.05, 3.63) is 71.9 Å². The highest BCUT2D eigenvalue weighted by Gasteiger charge is 2.19. The summed E-state index contributed by atoms with van der Waals surface area (Å²) in [5.74, 6) is 0.0208. The van der Waals surface area contributed by atoms with Crippen LogP contribution in [0.2, 0.25) is 0 Å². The first-order chi connectivity index (χ1) is 11.8. The number of aromatic nitrogens is 1. The lowest BCUT2D eigenvalue weighted by molar-refractivity contribution is -0.120. The third-order valence-electron chi connectivity index (χ3n) is 4.22. The number of aromatic amines is 1. The van der Waals surface area contributed by atoms with Gasteiger partial charge in [-0.15, -0.1) is 0 Å². The maximum Gasteiger partial charge on any atom is 0.309 e. The molecule has 0 saturated heterocycles. The third-order valence-corrected chi connectivity index (χ3v) is 4.22. The van der Waals surface area contributed by atoms with Crippen molar-refractivity contribution >= 4 is 23.1 Å². The van der Waals surface area contributed by atoms with Crippen molar-refractivity contribution in [3.63, 3.8) is 0 Å². The highest BCUT2D eigenvalue weighted by atomic mass is 16.1.